The van der Waals surface area contributed by atoms with Gasteiger partial charge < -0.3 is 19.5 Å². The third-order valence-corrected chi connectivity index (χ3v) is 7.78. The van der Waals surface area contributed by atoms with Crippen molar-refractivity contribution in [2.75, 3.05) is 12.0 Å². The number of carboxylic acids is 1. The van der Waals surface area contributed by atoms with E-state index in [0.717, 1.165) is 53.5 Å². The van der Waals surface area contributed by atoms with Gasteiger partial charge in [0.05, 0.1) is 29.7 Å². The van der Waals surface area contributed by atoms with Crippen LogP contribution in [0.15, 0.2) is 42.5 Å². The Kier molecular flexibility index (Phi) is 6.71. The molecule has 2 aliphatic rings. The number of nitrogens with zero attached hydrogens (tertiary/aromatic N) is 3. The van der Waals surface area contributed by atoms with Crippen LogP contribution in [0.25, 0.3) is 11.0 Å². The van der Waals surface area contributed by atoms with Gasteiger partial charge in [-0.05, 0) is 56.7 Å². The van der Waals surface area contributed by atoms with Crippen LogP contribution in [0.1, 0.15) is 68.1 Å². The number of aliphatic hydroxyl groups excluding tert-OH is 1. The van der Waals surface area contributed by atoms with Crippen molar-refractivity contribution in [3.63, 3.8) is 0 Å². The number of carbonyl (C=O) groups is 2. The van der Waals surface area contributed by atoms with E-state index in [-0.39, 0.29) is 12.1 Å². The SMILES string of the molecule is COC(=O)N1c2ccc3c(nc([C@H](O)Cc4ccccc4)n3[C@@H]3CCC[C@@H](C(=O)O)C3)c2CC[C@@H]1C. The molecular formula is C28H33N3O5. The predicted molar refractivity (Wildman–Crippen MR) is 136 cm³/mol. The number of benzene rings is 2. The summed E-state index contributed by atoms with van der Waals surface area (Å²) in [6, 6.07) is 13.6. The third kappa shape index (κ3) is 4.34. The molecule has 8 nitrogen and oxygen atoms in total. The number of rotatable bonds is 5. The standard InChI is InChI=1S/C28H33N3O5/c1-17-11-12-21-22(30(17)28(35)36-2)13-14-23-25(21)29-26(24(32)15-18-7-4-3-5-8-18)31(23)20-10-6-9-19(16-20)27(33)34/h3-5,7-8,13-14,17,19-20,24,32H,6,9-12,15-16H2,1-2H3,(H,33,34)/t17-,19+,20+,24+/m0/s1. The van der Waals surface area contributed by atoms with E-state index >= 15 is 0 Å². The van der Waals surface area contributed by atoms with E-state index < -0.39 is 24.1 Å². The molecule has 1 amide bonds. The van der Waals surface area contributed by atoms with Crippen molar-refractivity contribution in [3.05, 3.63) is 59.4 Å². The van der Waals surface area contributed by atoms with E-state index in [0.29, 0.717) is 25.1 Å². The number of carboxylic acid groups (broad SMARTS) is 1. The highest BCUT2D eigenvalue weighted by atomic mass is 16.5. The molecule has 4 atom stereocenters. The van der Waals surface area contributed by atoms with Crippen LogP contribution in [-0.2, 0) is 22.4 Å². The number of hydrogen-bond acceptors (Lipinski definition) is 5. The van der Waals surface area contributed by atoms with Crippen LogP contribution >= 0.6 is 0 Å². The van der Waals surface area contributed by atoms with E-state index in [1.165, 1.54) is 7.11 Å². The highest BCUT2D eigenvalue weighted by Crippen LogP contribution is 2.41. The average Bonchev–Trinajstić information content (AvgIpc) is 3.29. The Bertz CT molecular complexity index is 1270. The van der Waals surface area contributed by atoms with Crippen LogP contribution in [0.4, 0.5) is 10.5 Å². The number of amides is 1. The molecule has 2 heterocycles. The molecule has 1 aliphatic carbocycles. The predicted octanol–water partition coefficient (Wildman–Crippen LogP) is 5.04. The second-order valence-corrected chi connectivity index (χ2v) is 10.1. The summed E-state index contributed by atoms with van der Waals surface area (Å²) < 4.78 is 7.14. The maximum absolute atomic E-state index is 12.6. The number of aliphatic hydroxyl groups is 1. The van der Waals surface area contributed by atoms with Crippen LogP contribution in [-0.4, -0.2) is 45.0 Å². The first kappa shape index (κ1) is 24.3. The average molecular weight is 492 g/mol. The molecule has 1 fully saturated rings. The number of methoxy groups -OCH3 is 1. The maximum Gasteiger partial charge on any atom is 0.414 e. The van der Waals surface area contributed by atoms with Gasteiger partial charge in [0.15, 0.2) is 0 Å². The van der Waals surface area contributed by atoms with E-state index in [1.807, 2.05) is 49.4 Å². The van der Waals surface area contributed by atoms with Gasteiger partial charge in [0.2, 0.25) is 0 Å². The lowest BCUT2D eigenvalue weighted by Crippen LogP contribution is -2.42. The molecule has 1 saturated carbocycles. The first-order valence-corrected chi connectivity index (χ1v) is 12.7. The Morgan fingerprint density at radius 1 is 1.14 bits per heavy atom. The van der Waals surface area contributed by atoms with Crippen LogP contribution in [0.3, 0.4) is 0 Å². The monoisotopic (exact) mass is 491 g/mol. The molecule has 3 aromatic rings. The van der Waals surface area contributed by atoms with Gasteiger partial charge in [-0.2, -0.15) is 0 Å². The van der Waals surface area contributed by atoms with Crippen molar-refractivity contribution in [1.29, 1.82) is 0 Å². The molecule has 1 aromatic heterocycles. The number of hydrogen-bond donors (Lipinski definition) is 2. The molecule has 5 rings (SSSR count). The normalized spacial score (nSPS) is 22.8. The van der Waals surface area contributed by atoms with Crippen LogP contribution in [0.2, 0.25) is 0 Å². The van der Waals surface area contributed by atoms with Gasteiger partial charge in [-0.3, -0.25) is 9.69 Å². The Balaban J connectivity index is 1.64. The number of fused-ring (bicyclic) bond motifs is 3. The molecule has 36 heavy (non-hydrogen) atoms. The smallest absolute Gasteiger partial charge is 0.414 e. The maximum atomic E-state index is 12.6. The summed E-state index contributed by atoms with van der Waals surface area (Å²) >= 11 is 0. The quantitative estimate of drug-likeness (QED) is 0.518. The van der Waals surface area contributed by atoms with Gasteiger partial charge >= 0.3 is 12.1 Å². The number of ether oxygens (including phenoxy) is 1. The Hall–Kier alpha value is -3.39. The second-order valence-electron chi connectivity index (χ2n) is 10.1. The number of aryl methyl sites for hydroxylation is 1. The molecule has 0 bridgehead atoms. The zero-order valence-corrected chi connectivity index (χ0v) is 20.8. The fraction of sp³-hybridized carbons (Fsp3) is 0.464. The van der Waals surface area contributed by atoms with Gasteiger partial charge in [-0.15, -0.1) is 0 Å². The van der Waals surface area contributed by atoms with Crippen molar-refractivity contribution < 1.29 is 24.5 Å². The van der Waals surface area contributed by atoms with E-state index in [9.17, 15) is 19.8 Å². The topological polar surface area (TPSA) is 105 Å². The number of aromatic nitrogens is 2. The van der Waals surface area contributed by atoms with Crippen LogP contribution in [0, 0.1) is 5.92 Å². The molecule has 1 aliphatic heterocycles. The molecule has 0 spiro atoms. The minimum absolute atomic E-state index is 0.00213. The summed E-state index contributed by atoms with van der Waals surface area (Å²) in [7, 11) is 1.39. The van der Waals surface area contributed by atoms with Gasteiger partial charge in [0, 0.05) is 24.1 Å². The Morgan fingerprint density at radius 2 is 1.92 bits per heavy atom. The molecule has 0 saturated heterocycles. The molecule has 0 unspecified atom stereocenters. The highest BCUT2D eigenvalue weighted by Gasteiger charge is 2.35. The number of anilines is 1. The molecule has 2 aromatic carbocycles. The number of imidazole rings is 1. The second kappa shape index (κ2) is 9.93. The lowest BCUT2D eigenvalue weighted by Gasteiger charge is -2.34. The minimum Gasteiger partial charge on any atom is -0.481 e. The first-order chi connectivity index (χ1) is 17.4. The van der Waals surface area contributed by atoms with Crippen molar-refractivity contribution in [2.24, 2.45) is 5.92 Å². The summed E-state index contributed by atoms with van der Waals surface area (Å²) in [6.45, 7) is 2.01. The number of carbonyl (C=O) groups excluding carboxylic acids is 1. The minimum atomic E-state index is -0.847. The number of aliphatic carboxylic acids is 1. The molecule has 190 valence electrons. The summed E-state index contributed by atoms with van der Waals surface area (Å²) in [5.74, 6) is -0.620. The van der Waals surface area contributed by atoms with Gasteiger partial charge in [-0.1, -0.05) is 36.8 Å². The molecule has 0 radical (unpaired) electrons. The van der Waals surface area contributed by atoms with E-state index in [1.54, 1.807) is 4.90 Å². The first-order valence-electron chi connectivity index (χ1n) is 12.7. The van der Waals surface area contributed by atoms with Crippen molar-refractivity contribution >= 4 is 28.8 Å². The van der Waals surface area contributed by atoms with Gasteiger partial charge in [0.25, 0.3) is 0 Å². The molecular weight excluding hydrogens is 458 g/mol. The summed E-state index contributed by atoms with van der Waals surface area (Å²) in [4.78, 5) is 31.1. The van der Waals surface area contributed by atoms with Crippen LogP contribution in [0.5, 0.6) is 0 Å². The molecule has 8 heteroatoms. The highest BCUT2D eigenvalue weighted by molar-refractivity contribution is 5.95. The lowest BCUT2D eigenvalue weighted by atomic mass is 9.85. The fourth-order valence-corrected chi connectivity index (χ4v) is 5.96. The zero-order chi connectivity index (χ0) is 25.4. The Labute approximate surface area is 210 Å². The summed E-state index contributed by atoms with van der Waals surface area (Å²) in [5.41, 5.74) is 4.41. The van der Waals surface area contributed by atoms with Crippen LogP contribution < -0.4 is 4.90 Å². The third-order valence-electron chi connectivity index (χ3n) is 7.78. The van der Waals surface area contributed by atoms with Gasteiger partial charge in [0.1, 0.15) is 11.9 Å². The lowest BCUT2D eigenvalue weighted by molar-refractivity contribution is -0.143. The van der Waals surface area contributed by atoms with Crippen molar-refractivity contribution in [2.45, 2.75) is 70.1 Å². The molecule has 2 N–H and O–H groups in total. The summed E-state index contributed by atoms with van der Waals surface area (Å²) in [5, 5.41) is 21.1. The van der Waals surface area contributed by atoms with Crippen molar-refractivity contribution in [1.82, 2.24) is 9.55 Å². The van der Waals surface area contributed by atoms with Gasteiger partial charge in [-0.25, -0.2) is 9.78 Å². The van der Waals surface area contributed by atoms with Crippen molar-refractivity contribution in [3.8, 4) is 0 Å². The van der Waals surface area contributed by atoms with E-state index in [2.05, 4.69) is 4.57 Å². The largest absolute Gasteiger partial charge is 0.481 e. The van der Waals surface area contributed by atoms with E-state index in [4.69, 9.17) is 9.72 Å². The fourth-order valence-electron chi connectivity index (χ4n) is 5.96. The Morgan fingerprint density at radius 3 is 2.64 bits per heavy atom. The summed E-state index contributed by atoms with van der Waals surface area (Å²) in [6.07, 6.45) is 3.53. The zero-order valence-electron chi connectivity index (χ0n) is 20.8.